The predicted octanol–water partition coefficient (Wildman–Crippen LogP) is -1.51. The Morgan fingerprint density at radius 3 is 1.73 bits per heavy atom. The van der Waals surface area contributed by atoms with Crippen LogP contribution in [0.15, 0.2) is 0 Å². The van der Waals surface area contributed by atoms with Crippen molar-refractivity contribution in [3.05, 3.63) is 0 Å². The minimum Gasteiger partial charge on any atom is -0.299 e. The average Bonchev–Trinajstić information content (AvgIpc) is 2.48. The summed E-state index contributed by atoms with van der Waals surface area (Å²) < 4.78 is 4.92. The Bertz CT molecular complexity index is 145. The molecule has 0 radical (unpaired) electrons. The van der Waals surface area contributed by atoms with Crippen LogP contribution < -0.4 is 9.96 Å². The van der Waals surface area contributed by atoms with Crippen molar-refractivity contribution in [1.82, 2.24) is 19.1 Å². The Morgan fingerprint density at radius 1 is 1.00 bits per heavy atom. The lowest BCUT2D eigenvalue weighted by atomic mass is 10.7. The molecule has 2 fully saturated rings. The van der Waals surface area contributed by atoms with Crippen LogP contribution in [0.25, 0.3) is 0 Å². The van der Waals surface area contributed by atoms with Crippen molar-refractivity contribution in [3.63, 3.8) is 0 Å². The zero-order valence-corrected chi connectivity index (χ0v) is 8.22. The Balaban J connectivity index is 2.19. The molecule has 2 heterocycles. The largest absolute Gasteiger partial charge is 0.371 e. The summed E-state index contributed by atoms with van der Waals surface area (Å²) >= 11 is 0. The van der Waals surface area contributed by atoms with E-state index in [1.165, 1.54) is 13.1 Å². The maximum Gasteiger partial charge on any atom is 0.371 e. The van der Waals surface area contributed by atoms with Crippen LogP contribution >= 0.6 is 0 Å². The third kappa shape index (κ3) is 0.962. The van der Waals surface area contributed by atoms with Gasteiger partial charge in [0, 0.05) is 26.2 Å². The lowest BCUT2D eigenvalue weighted by molar-refractivity contribution is 0.462. The molecule has 0 aromatic heterocycles. The molecule has 0 aromatic carbocycles. The summed E-state index contributed by atoms with van der Waals surface area (Å²) in [6.45, 7) is 4.65. The van der Waals surface area contributed by atoms with E-state index >= 15 is 0 Å². The van der Waals surface area contributed by atoms with Crippen molar-refractivity contribution in [2.45, 2.75) is 0 Å². The fraction of sp³-hybridized carbons (Fsp3) is 1.00. The van der Waals surface area contributed by atoms with Crippen molar-refractivity contribution >= 4 is 8.72 Å². The molecule has 0 bridgehead atoms. The van der Waals surface area contributed by atoms with E-state index in [0.29, 0.717) is 0 Å². The summed E-state index contributed by atoms with van der Waals surface area (Å²) in [5, 5.41) is 0. The zero-order valence-electron chi connectivity index (χ0n) is 7.22. The average molecular weight is 172 g/mol. The molecule has 2 aliphatic rings. The van der Waals surface area contributed by atoms with Crippen molar-refractivity contribution in [2.24, 2.45) is 0 Å². The Kier molecular flexibility index (Phi) is 1.77. The first-order valence-corrected chi connectivity index (χ1v) is 6.08. The van der Waals surface area contributed by atoms with Crippen molar-refractivity contribution in [1.29, 1.82) is 0 Å². The van der Waals surface area contributed by atoms with Crippen LogP contribution in [0.2, 0.25) is 0 Å². The van der Waals surface area contributed by atoms with Gasteiger partial charge in [-0.25, -0.2) is 0 Å². The molecule has 0 aromatic rings. The second kappa shape index (κ2) is 2.53. The maximum atomic E-state index is 3.61. The van der Waals surface area contributed by atoms with E-state index in [4.69, 9.17) is 0 Å². The first kappa shape index (κ1) is 7.69. The standard InChI is InChI=1S/C6H16N4Si/c1-9-5-3-7-11(9)8-4-6-10(11)2/h7-8H,3-6H2,1-2H3. The van der Waals surface area contributed by atoms with E-state index in [0.717, 1.165) is 13.1 Å². The fourth-order valence-corrected chi connectivity index (χ4v) is 5.59. The highest BCUT2D eigenvalue weighted by molar-refractivity contribution is 6.70. The van der Waals surface area contributed by atoms with Crippen LogP contribution in [-0.2, 0) is 0 Å². The summed E-state index contributed by atoms with van der Waals surface area (Å²) in [4.78, 5) is 7.22. The molecule has 0 aliphatic carbocycles. The number of hydrogen-bond donors (Lipinski definition) is 2. The van der Waals surface area contributed by atoms with Gasteiger partial charge in [0.2, 0.25) is 0 Å². The van der Waals surface area contributed by atoms with Gasteiger partial charge in [0.25, 0.3) is 0 Å². The molecule has 1 spiro atoms. The molecule has 2 N–H and O–H groups in total. The Labute approximate surface area is 68.9 Å². The van der Waals surface area contributed by atoms with Crippen LogP contribution in [0.1, 0.15) is 0 Å². The van der Waals surface area contributed by atoms with Gasteiger partial charge in [-0.1, -0.05) is 0 Å². The van der Waals surface area contributed by atoms with Gasteiger partial charge in [0.15, 0.2) is 0 Å². The van der Waals surface area contributed by atoms with Gasteiger partial charge in [-0.2, -0.15) is 0 Å². The van der Waals surface area contributed by atoms with Crippen LogP contribution in [0.3, 0.4) is 0 Å². The molecule has 0 atom stereocenters. The molecule has 2 rings (SSSR count). The fourth-order valence-electron chi connectivity index (χ4n) is 2.01. The maximum absolute atomic E-state index is 3.61. The van der Waals surface area contributed by atoms with Crippen molar-refractivity contribution < 1.29 is 0 Å². The molecule has 0 amide bonds. The predicted molar refractivity (Wildman–Crippen MR) is 47.0 cm³/mol. The third-order valence-electron chi connectivity index (χ3n) is 2.74. The van der Waals surface area contributed by atoms with Gasteiger partial charge in [-0.15, -0.1) is 0 Å². The number of nitrogens with one attached hydrogen (secondary N) is 2. The molecule has 11 heavy (non-hydrogen) atoms. The SMILES string of the molecule is CN1CCN[Si]12NCCN2C. The van der Waals surface area contributed by atoms with Gasteiger partial charge in [-0.05, 0) is 14.1 Å². The lowest BCUT2D eigenvalue weighted by Crippen LogP contribution is -2.71. The van der Waals surface area contributed by atoms with Crippen LogP contribution in [0, 0.1) is 0 Å². The summed E-state index contributed by atoms with van der Waals surface area (Å²) in [6.07, 6.45) is 0. The molecule has 64 valence electrons. The normalized spacial score (nSPS) is 32.2. The van der Waals surface area contributed by atoms with Gasteiger partial charge in [0.05, 0.1) is 0 Å². The zero-order chi connectivity index (χ0) is 7.90. The molecule has 5 heteroatoms. The topological polar surface area (TPSA) is 30.5 Å². The summed E-state index contributed by atoms with van der Waals surface area (Å²) in [5.41, 5.74) is 0. The minimum atomic E-state index is -1.51. The van der Waals surface area contributed by atoms with Crippen LogP contribution in [0.5, 0.6) is 0 Å². The van der Waals surface area contributed by atoms with E-state index in [-0.39, 0.29) is 0 Å². The third-order valence-corrected chi connectivity index (χ3v) is 6.89. The highest BCUT2D eigenvalue weighted by atomic mass is 28.4. The second-order valence-corrected chi connectivity index (χ2v) is 6.95. The quantitative estimate of drug-likeness (QED) is 0.435. The van der Waals surface area contributed by atoms with E-state index in [1.807, 2.05) is 0 Å². The number of hydrogen-bond acceptors (Lipinski definition) is 4. The van der Waals surface area contributed by atoms with E-state index in [9.17, 15) is 0 Å². The van der Waals surface area contributed by atoms with E-state index in [1.54, 1.807) is 0 Å². The highest BCUT2D eigenvalue weighted by Crippen LogP contribution is 2.13. The summed E-state index contributed by atoms with van der Waals surface area (Å²) in [6, 6.07) is 0. The number of nitrogens with zero attached hydrogens (tertiary/aromatic N) is 2. The van der Waals surface area contributed by atoms with Gasteiger partial charge in [-0.3, -0.25) is 19.1 Å². The molecule has 2 aliphatic heterocycles. The highest BCUT2D eigenvalue weighted by Gasteiger charge is 2.49. The Hall–Kier alpha value is 0.0569. The molecule has 4 nitrogen and oxygen atoms in total. The smallest absolute Gasteiger partial charge is 0.299 e. The minimum absolute atomic E-state index is 1.14. The summed E-state index contributed by atoms with van der Waals surface area (Å²) in [7, 11) is 2.91. The van der Waals surface area contributed by atoms with Gasteiger partial charge < -0.3 is 0 Å². The van der Waals surface area contributed by atoms with Crippen molar-refractivity contribution in [3.8, 4) is 0 Å². The molecule has 0 saturated carbocycles. The van der Waals surface area contributed by atoms with E-state index < -0.39 is 8.72 Å². The Morgan fingerprint density at radius 2 is 1.45 bits per heavy atom. The molecular weight excluding hydrogens is 156 g/mol. The molecule has 0 unspecified atom stereocenters. The number of rotatable bonds is 0. The van der Waals surface area contributed by atoms with E-state index in [2.05, 4.69) is 33.2 Å². The van der Waals surface area contributed by atoms with Gasteiger partial charge in [0.1, 0.15) is 0 Å². The van der Waals surface area contributed by atoms with Crippen LogP contribution in [0.4, 0.5) is 0 Å². The van der Waals surface area contributed by atoms with Gasteiger partial charge >= 0.3 is 8.72 Å². The molecular formula is C6H16N4Si. The van der Waals surface area contributed by atoms with Crippen LogP contribution in [-0.4, -0.2) is 58.1 Å². The second-order valence-electron chi connectivity index (χ2n) is 3.37. The first-order valence-electron chi connectivity index (χ1n) is 4.18. The van der Waals surface area contributed by atoms with Crippen molar-refractivity contribution in [2.75, 3.05) is 40.3 Å². The molecule has 2 saturated heterocycles. The number of likely N-dealkylation sites (N-methyl/N-ethyl adjacent to an activating group) is 2. The monoisotopic (exact) mass is 172 g/mol. The summed E-state index contributed by atoms with van der Waals surface area (Å²) in [5.74, 6) is 0. The first-order chi connectivity index (χ1) is 5.26. The lowest BCUT2D eigenvalue weighted by Gasteiger charge is -2.33.